The quantitative estimate of drug-likeness (QED) is 0.615. The Morgan fingerprint density at radius 1 is 1.20 bits per heavy atom. The number of halogens is 1. The van der Waals surface area contributed by atoms with Crippen molar-refractivity contribution < 1.29 is 9.53 Å². The number of nitrogens with zero attached hydrogens (tertiary/aromatic N) is 5. The summed E-state index contributed by atoms with van der Waals surface area (Å²) in [6.45, 7) is 6.43. The predicted octanol–water partition coefficient (Wildman–Crippen LogP) is 3.43. The minimum absolute atomic E-state index is 0.280. The van der Waals surface area contributed by atoms with Gasteiger partial charge in [-0.05, 0) is 25.5 Å². The number of benzene rings is 1. The van der Waals surface area contributed by atoms with E-state index in [-0.39, 0.29) is 5.91 Å². The van der Waals surface area contributed by atoms with Gasteiger partial charge in [-0.1, -0.05) is 35.1 Å². The van der Waals surface area contributed by atoms with Crippen LogP contribution in [0.25, 0.3) is 0 Å². The van der Waals surface area contributed by atoms with Crippen LogP contribution in [0.2, 0.25) is 5.02 Å². The minimum atomic E-state index is -0.280. The number of anilines is 4. The van der Waals surface area contributed by atoms with Gasteiger partial charge in [0.2, 0.25) is 11.9 Å². The highest BCUT2D eigenvalue weighted by atomic mass is 35.5. The molecule has 156 valence electrons. The fourth-order valence-corrected chi connectivity index (χ4v) is 3.90. The number of aryl methyl sites for hydroxylation is 2. The molecule has 1 fully saturated rings. The lowest BCUT2D eigenvalue weighted by atomic mass is 10.2. The van der Waals surface area contributed by atoms with Crippen LogP contribution in [0, 0.1) is 13.8 Å². The number of ether oxygens (including phenoxy) is 1. The molecule has 0 radical (unpaired) electrons. The van der Waals surface area contributed by atoms with E-state index >= 15 is 0 Å². The number of aromatic nitrogens is 4. The minimum Gasteiger partial charge on any atom is -0.378 e. The topological polar surface area (TPSA) is 105 Å². The number of nitrogens with one attached hydrogen (secondary N) is 2. The zero-order valence-corrected chi connectivity index (χ0v) is 18.0. The zero-order chi connectivity index (χ0) is 21.1. The Bertz CT molecular complexity index is 1050. The predicted molar refractivity (Wildman–Crippen MR) is 117 cm³/mol. The molecule has 3 heterocycles. The van der Waals surface area contributed by atoms with Gasteiger partial charge in [-0.3, -0.25) is 10.1 Å². The molecule has 4 rings (SSSR count). The number of amides is 1. The number of hydrogen-bond acceptors (Lipinski definition) is 9. The highest BCUT2D eigenvalue weighted by Crippen LogP contribution is 2.27. The molecule has 0 spiro atoms. The second kappa shape index (κ2) is 8.90. The van der Waals surface area contributed by atoms with Crippen LogP contribution in [0.15, 0.2) is 24.4 Å². The van der Waals surface area contributed by atoms with E-state index in [1.54, 1.807) is 6.07 Å². The lowest BCUT2D eigenvalue weighted by Crippen LogP contribution is -2.37. The van der Waals surface area contributed by atoms with Gasteiger partial charge in [-0.25, -0.2) is 4.98 Å². The van der Waals surface area contributed by atoms with Crippen LogP contribution in [0.1, 0.15) is 21.1 Å². The van der Waals surface area contributed by atoms with Gasteiger partial charge in [-0.15, -0.1) is 0 Å². The average Bonchev–Trinajstić information content (AvgIpc) is 3.19. The van der Waals surface area contributed by atoms with Crippen LogP contribution in [0.4, 0.5) is 22.7 Å². The number of hydrogen-bond donors (Lipinski definition) is 2. The third-order valence-electron chi connectivity index (χ3n) is 4.44. The third-order valence-corrected chi connectivity index (χ3v) is 5.66. The number of thiazole rings is 1. The fraction of sp³-hybridized carbons (Fsp3) is 0.316. The van der Waals surface area contributed by atoms with E-state index in [2.05, 4.69) is 35.5 Å². The van der Waals surface area contributed by atoms with Crippen molar-refractivity contribution in [1.82, 2.24) is 19.9 Å². The first-order valence-corrected chi connectivity index (χ1v) is 10.5. The largest absolute Gasteiger partial charge is 0.378 e. The normalized spacial score (nSPS) is 13.9. The molecule has 1 aliphatic rings. The molecule has 1 aromatic carbocycles. The van der Waals surface area contributed by atoms with Crippen molar-refractivity contribution in [2.45, 2.75) is 13.8 Å². The SMILES string of the molecule is Cc1nc(Nc2ncc(C(=O)Nc3c(C)cccc3Cl)s2)nc(N2CCOCC2)n1. The van der Waals surface area contributed by atoms with Crippen LogP contribution in [0.5, 0.6) is 0 Å². The summed E-state index contributed by atoms with van der Waals surface area (Å²) in [6, 6.07) is 5.46. The highest BCUT2D eigenvalue weighted by molar-refractivity contribution is 7.17. The maximum absolute atomic E-state index is 12.6. The van der Waals surface area contributed by atoms with Crippen LogP contribution in [-0.4, -0.2) is 52.1 Å². The summed E-state index contributed by atoms with van der Waals surface area (Å²) in [4.78, 5) is 32.6. The maximum atomic E-state index is 12.6. The van der Waals surface area contributed by atoms with Gasteiger partial charge in [0.15, 0.2) is 5.13 Å². The molecular weight excluding hydrogens is 426 g/mol. The van der Waals surface area contributed by atoms with Crippen LogP contribution < -0.4 is 15.5 Å². The van der Waals surface area contributed by atoms with Crippen molar-refractivity contribution in [3.8, 4) is 0 Å². The molecule has 1 amide bonds. The van der Waals surface area contributed by atoms with E-state index in [9.17, 15) is 4.79 Å². The molecule has 0 unspecified atom stereocenters. The number of morpholine rings is 1. The Labute approximate surface area is 182 Å². The van der Waals surface area contributed by atoms with E-state index in [1.807, 2.05) is 26.0 Å². The number of carbonyl (C=O) groups is 1. The smallest absolute Gasteiger partial charge is 0.267 e. The maximum Gasteiger partial charge on any atom is 0.267 e. The summed E-state index contributed by atoms with van der Waals surface area (Å²) in [5, 5.41) is 6.91. The molecule has 2 aromatic heterocycles. The summed E-state index contributed by atoms with van der Waals surface area (Å²) in [6.07, 6.45) is 1.51. The van der Waals surface area contributed by atoms with Crippen molar-refractivity contribution in [2.75, 3.05) is 41.8 Å². The lowest BCUT2D eigenvalue weighted by molar-refractivity contribution is 0.103. The third kappa shape index (κ3) is 4.66. The van der Waals surface area contributed by atoms with E-state index in [1.165, 1.54) is 17.5 Å². The second-order valence-corrected chi connectivity index (χ2v) is 8.08. The molecule has 1 aliphatic heterocycles. The molecule has 0 saturated carbocycles. The van der Waals surface area contributed by atoms with Crippen molar-refractivity contribution in [2.24, 2.45) is 0 Å². The zero-order valence-electron chi connectivity index (χ0n) is 16.5. The fourth-order valence-electron chi connectivity index (χ4n) is 2.93. The molecule has 9 nitrogen and oxygen atoms in total. The lowest BCUT2D eigenvalue weighted by Gasteiger charge is -2.26. The Balaban J connectivity index is 1.48. The number of carbonyl (C=O) groups excluding carboxylic acids is 1. The molecule has 11 heteroatoms. The molecule has 3 aromatic rings. The summed E-state index contributed by atoms with van der Waals surface area (Å²) >= 11 is 7.40. The van der Waals surface area contributed by atoms with Crippen molar-refractivity contribution in [1.29, 1.82) is 0 Å². The van der Waals surface area contributed by atoms with E-state index in [0.717, 1.165) is 18.7 Å². The summed E-state index contributed by atoms with van der Waals surface area (Å²) in [5.41, 5.74) is 1.48. The van der Waals surface area contributed by atoms with Crippen molar-refractivity contribution >= 4 is 51.6 Å². The Hall–Kier alpha value is -2.82. The van der Waals surface area contributed by atoms with Crippen molar-refractivity contribution in [3.63, 3.8) is 0 Å². The van der Waals surface area contributed by atoms with Crippen LogP contribution in [0.3, 0.4) is 0 Å². The van der Waals surface area contributed by atoms with E-state index in [4.69, 9.17) is 16.3 Å². The first-order valence-electron chi connectivity index (χ1n) is 9.34. The van der Waals surface area contributed by atoms with Gasteiger partial charge < -0.3 is 15.0 Å². The van der Waals surface area contributed by atoms with Gasteiger partial charge in [-0.2, -0.15) is 15.0 Å². The Kier molecular flexibility index (Phi) is 6.07. The van der Waals surface area contributed by atoms with Gasteiger partial charge in [0.25, 0.3) is 5.91 Å². The second-order valence-electron chi connectivity index (χ2n) is 6.65. The van der Waals surface area contributed by atoms with Gasteiger partial charge in [0.1, 0.15) is 10.7 Å². The summed E-state index contributed by atoms with van der Waals surface area (Å²) < 4.78 is 5.38. The molecule has 0 bridgehead atoms. The number of para-hydroxylation sites is 1. The molecular formula is C19H20ClN7O2S. The Morgan fingerprint density at radius 2 is 2.00 bits per heavy atom. The Morgan fingerprint density at radius 3 is 2.77 bits per heavy atom. The average molecular weight is 446 g/mol. The molecule has 30 heavy (non-hydrogen) atoms. The molecule has 2 N–H and O–H groups in total. The van der Waals surface area contributed by atoms with Crippen LogP contribution >= 0.6 is 22.9 Å². The monoisotopic (exact) mass is 445 g/mol. The van der Waals surface area contributed by atoms with E-state index < -0.39 is 0 Å². The van der Waals surface area contributed by atoms with Gasteiger partial charge >= 0.3 is 0 Å². The van der Waals surface area contributed by atoms with Crippen LogP contribution in [-0.2, 0) is 4.74 Å². The van der Waals surface area contributed by atoms with Crippen molar-refractivity contribution in [3.05, 3.63) is 45.7 Å². The molecule has 1 saturated heterocycles. The molecule has 0 aliphatic carbocycles. The first kappa shape index (κ1) is 20.5. The van der Waals surface area contributed by atoms with E-state index in [0.29, 0.717) is 51.7 Å². The first-order chi connectivity index (χ1) is 14.5. The summed E-state index contributed by atoms with van der Waals surface area (Å²) in [7, 11) is 0. The number of rotatable bonds is 5. The highest BCUT2D eigenvalue weighted by Gasteiger charge is 2.17. The van der Waals surface area contributed by atoms with Gasteiger partial charge in [0.05, 0.1) is 30.1 Å². The van der Waals surface area contributed by atoms with Gasteiger partial charge in [0, 0.05) is 13.1 Å². The standard InChI is InChI=1S/C19H20ClN7O2S/c1-11-4-3-5-13(20)15(11)24-16(28)14-10-21-19(30-14)26-17-22-12(2)23-18(25-17)27-6-8-29-9-7-27/h3-5,10H,6-9H2,1-2H3,(H,24,28)(H,21,22,23,25,26). The summed E-state index contributed by atoms with van der Waals surface area (Å²) in [5.74, 6) is 1.29. The molecule has 0 atom stereocenters.